The molecule has 0 atom stereocenters. The molecule has 1 N–H and O–H groups in total. The lowest BCUT2D eigenvalue weighted by molar-refractivity contribution is -0.133. The van der Waals surface area contributed by atoms with Crippen LogP contribution in [0.4, 0.5) is 0 Å². The predicted octanol–water partition coefficient (Wildman–Crippen LogP) is 2.37. The van der Waals surface area contributed by atoms with Crippen LogP contribution in [0.1, 0.15) is 31.7 Å². The van der Waals surface area contributed by atoms with Crippen LogP contribution in [0.15, 0.2) is 18.2 Å². The Labute approximate surface area is 163 Å². The Kier molecular flexibility index (Phi) is 8.88. The molecule has 1 amide bonds. The topological polar surface area (TPSA) is 54.0 Å². The maximum Gasteiger partial charge on any atom is 0.237 e. The van der Waals surface area contributed by atoms with Crippen LogP contribution in [0, 0.1) is 5.92 Å². The van der Waals surface area contributed by atoms with Gasteiger partial charge in [0.2, 0.25) is 5.91 Å². The van der Waals surface area contributed by atoms with Gasteiger partial charge < -0.3 is 19.7 Å². The number of nitrogens with zero attached hydrogens (tertiary/aromatic N) is 2. The highest BCUT2D eigenvalue weighted by Gasteiger charge is 2.22. The minimum Gasteiger partial charge on any atom is -0.493 e. The fourth-order valence-corrected chi connectivity index (χ4v) is 3.65. The maximum absolute atomic E-state index is 12.8. The van der Waals surface area contributed by atoms with Crippen LogP contribution in [-0.4, -0.2) is 69.7 Å². The highest BCUT2D eigenvalue weighted by atomic mass is 16.5. The van der Waals surface area contributed by atoms with Crippen LogP contribution in [0.3, 0.4) is 0 Å². The van der Waals surface area contributed by atoms with Crippen molar-refractivity contribution in [2.24, 2.45) is 5.92 Å². The molecule has 0 radical (unpaired) electrons. The molecule has 27 heavy (non-hydrogen) atoms. The minimum absolute atomic E-state index is 0.195. The molecule has 0 saturated carbocycles. The van der Waals surface area contributed by atoms with Crippen LogP contribution in [0.2, 0.25) is 0 Å². The zero-order valence-corrected chi connectivity index (χ0v) is 17.3. The number of nitrogens with one attached hydrogen (secondary N) is 1. The molecule has 152 valence electrons. The summed E-state index contributed by atoms with van der Waals surface area (Å²) >= 11 is 0. The molecule has 0 spiro atoms. The number of likely N-dealkylation sites (N-methyl/N-ethyl adjacent to an activating group) is 1. The Hall–Kier alpha value is -1.79. The molecule has 1 heterocycles. The van der Waals surface area contributed by atoms with Crippen LogP contribution in [0.25, 0.3) is 0 Å². The van der Waals surface area contributed by atoms with Crippen LogP contribution < -0.4 is 14.8 Å². The fourth-order valence-electron chi connectivity index (χ4n) is 3.65. The van der Waals surface area contributed by atoms with E-state index >= 15 is 0 Å². The van der Waals surface area contributed by atoms with Crippen molar-refractivity contribution in [3.63, 3.8) is 0 Å². The smallest absolute Gasteiger partial charge is 0.237 e. The molecule has 0 unspecified atom stereocenters. The molecule has 0 aliphatic carbocycles. The van der Waals surface area contributed by atoms with E-state index in [0.717, 1.165) is 31.1 Å². The van der Waals surface area contributed by atoms with Gasteiger partial charge in [0.1, 0.15) is 0 Å². The highest BCUT2D eigenvalue weighted by molar-refractivity contribution is 5.78. The second kappa shape index (κ2) is 11.1. The van der Waals surface area contributed by atoms with E-state index in [1.165, 1.54) is 19.3 Å². The third-order valence-corrected chi connectivity index (χ3v) is 5.42. The highest BCUT2D eigenvalue weighted by Crippen LogP contribution is 2.28. The average Bonchev–Trinajstić information content (AvgIpc) is 2.71. The van der Waals surface area contributed by atoms with Crippen molar-refractivity contribution in [3.05, 3.63) is 23.8 Å². The summed E-state index contributed by atoms with van der Waals surface area (Å²) in [5.74, 6) is 2.39. The van der Waals surface area contributed by atoms with Gasteiger partial charge in [0.05, 0.1) is 20.8 Å². The van der Waals surface area contributed by atoms with E-state index < -0.39 is 0 Å². The van der Waals surface area contributed by atoms with Gasteiger partial charge in [-0.1, -0.05) is 6.07 Å². The van der Waals surface area contributed by atoms with Crippen LogP contribution in [0.5, 0.6) is 11.5 Å². The lowest BCUT2D eigenvalue weighted by Gasteiger charge is -2.33. The van der Waals surface area contributed by atoms with Gasteiger partial charge in [-0.3, -0.25) is 9.69 Å². The van der Waals surface area contributed by atoms with Crippen molar-refractivity contribution in [1.29, 1.82) is 0 Å². The molecule has 1 aliphatic rings. The number of carbonyl (C=O) groups is 1. The van der Waals surface area contributed by atoms with Crippen molar-refractivity contribution < 1.29 is 14.3 Å². The number of benzene rings is 1. The van der Waals surface area contributed by atoms with Crippen molar-refractivity contribution in [3.8, 4) is 11.5 Å². The molecule has 0 bridgehead atoms. The first kappa shape index (κ1) is 21.5. The second-order valence-electron chi connectivity index (χ2n) is 7.21. The summed E-state index contributed by atoms with van der Waals surface area (Å²) in [6, 6.07) is 5.83. The number of amides is 1. The van der Waals surface area contributed by atoms with Gasteiger partial charge in [0.15, 0.2) is 11.5 Å². The maximum atomic E-state index is 12.8. The molecular formula is C21H35N3O3. The molecular weight excluding hydrogens is 342 g/mol. The average molecular weight is 378 g/mol. The number of carbonyl (C=O) groups excluding carboxylic acids is 1. The quantitative estimate of drug-likeness (QED) is 0.678. The number of methoxy groups -OCH3 is 2. The Morgan fingerprint density at radius 3 is 2.52 bits per heavy atom. The van der Waals surface area contributed by atoms with Crippen molar-refractivity contribution >= 4 is 5.91 Å². The largest absolute Gasteiger partial charge is 0.493 e. The first-order valence-corrected chi connectivity index (χ1v) is 9.96. The molecule has 1 aliphatic heterocycles. The first-order valence-electron chi connectivity index (χ1n) is 9.96. The lowest BCUT2D eigenvalue weighted by atomic mass is 9.93. The summed E-state index contributed by atoms with van der Waals surface area (Å²) in [6.45, 7) is 6.96. The summed E-state index contributed by atoms with van der Waals surface area (Å²) in [4.78, 5) is 17.0. The normalized spacial score (nSPS) is 15.6. The van der Waals surface area contributed by atoms with Gasteiger partial charge in [-0.25, -0.2) is 0 Å². The van der Waals surface area contributed by atoms with E-state index in [1.54, 1.807) is 14.2 Å². The fraction of sp³-hybridized carbons (Fsp3) is 0.667. The number of ether oxygens (including phenoxy) is 2. The Morgan fingerprint density at radius 2 is 1.93 bits per heavy atom. The molecule has 2 rings (SSSR count). The number of hydrogen-bond donors (Lipinski definition) is 1. The number of hydrogen-bond acceptors (Lipinski definition) is 5. The third-order valence-electron chi connectivity index (χ3n) is 5.42. The summed E-state index contributed by atoms with van der Waals surface area (Å²) in [7, 11) is 5.26. The van der Waals surface area contributed by atoms with Crippen molar-refractivity contribution in [2.75, 3.05) is 54.0 Å². The van der Waals surface area contributed by atoms with Gasteiger partial charge in [0.25, 0.3) is 0 Å². The first-order chi connectivity index (χ1) is 13.1. The van der Waals surface area contributed by atoms with Crippen molar-refractivity contribution in [1.82, 2.24) is 15.1 Å². The summed E-state index contributed by atoms with van der Waals surface area (Å²) in [6.07, 6.45) is 3.62. The van der Waals surface area contributed by atoms with Crippen LogP contribution in [-0.2, 0) is 11.3 Å². The lowest BCUT2D eigenvalue weighted by Crippen LogP contribution is -2.43. The summed E-state index contributed by atoms with van der Waals surface area (Å²) in [5, 5.41) is 3.23. The monoisotopic (exact) mass is 377 g/mol. The molecule has 1 aromatic rings. The Bertz CT molecular complexity index is 586. The van der Waals surface area contributed by atoms with E-state index in [1.807, 2.05) is 37.1 Å². The van der Waals surface area contributed by atoms with Gasteiger partial charge in [-0.15, -0.1) is 0 Å². The molecule has 6 heteroatoms. The van der Waals surface area contributed by atoms with Gasteiger partial charge in [-0.05, 0) is 76.5 Å². The SMILES string of the molecule is CCN(Cc1ccc(OC)c(OC)c1)C(=O)CN1CCC(CCNC)CC1. The Morgan fingerprint density at radius 1 is 1.22 bits per heavy atom. The van der Waals surface area contributed by atoms with E-state index in [2.05, 4.69) is 10.2 Å². The van der Waals surface area contributed by atoms with E-state index in [0.29, 0.717) is 31.1 Å². The molecule has 0 aromatic heterocycles. The zero-order valence-electron chi connectivity index (χ0n) is 17.3. The molecule has 1 aromatic carbocycles. The molecule has 1 saturated heterocycles. The standard InChI is InChI=1S/C21H35N3O3/c1-5-24(15-18-6-7-19(26-3)20(14-18)27-4)21(25)16-23-12-9-17(10-13-23)8-11-22-2/h6-7,14,17,22H,5,8-13,15-16H2,1-4H3. The number of likely N-dealkylation sites (tertiary alicyclic amines) is 1. The molecule has 1 fully saturated rings. The summed E-state index contributed by atoms with van der Waals surface area (Å²) in [5.41, 5.74) is 1.05. The third kappa shape index (κ3) is 6.40. The zero-order chi connectivity index (χ0) is 19.6. The summed E-state index contributed by atoms with van der Waals surface area (Å²) < 4.78 is 10.7. The van der Waals surface area contributed by atoms with E-state index in [4.69, 9.17) is 9.47 Å². The Balaban J connectivity index is 1.87. The predicted molar refractivity (Wildman–Crippen MR) is 108 cm³/mol. The van der Waals surface area contributed by atoms with Gasteiger partial charge >= 0.3 is 0 Å². The minimum atomic E-state index is 0.195. The number of piperidine rings is 1. The second-order valence-corrected chi connectivity index (χ2v) is 7.21. The molecule has 6 nitrogen and oxygen atoms in total. The van der Waals surface area contributed by atoms with Crippen LogP contribution >= 0.6 is 0 Å². The van der Waals surface area contributed by atoms with E-state index in [-0.39, 0.29) is 5.91 Å². The van der Waals surface area contributed by atoms with Crippen molar-refractivity contribution in [2.45, 2.75) is 32.7 Å². The van der Waals surface area contributed by atoms with Gasteiger partial charge in [-0.2, -0.15) is 0 Å². The van der Waals surface area contributed by atoms with Gasteiger partial charge in [0, 0.05) is 13.1 Å². The van der Waals surface area contributed by atoms with E-state index in [9.17, 15) is 4.79 Å². The number of rotatable bonds is 10.